The van der Waals surface area contributed by atoms with Crippen LogP contribution in [-0.2, 0) is 4.79 Å². The standard InChI is InChI=1S/C19H14F3N3O3S/c20-19(21,22)28-12-5-3-11(4-6-12)16-10-23-18(29-16)24-17(27)14-7-8-15(26)13-2-1-9-25(13)14/h1-6,9-10,14H,7-8H2,(H,23,24,27)/t14-/m1/s1. The van der Waals surface area contributed by atoms with Gasteiger partial charge in [-0.3, -0.25) is 9.59 Å². The summed E-state index contributed by atoms with van der Waals surface area (Å²) in [6, 6.07) is 8.32. The number of ketones is 1. The first kappa shape index (κ1) is 19.2. The molecule has 0 fully saturated rings. The average molecular weight is 421 g/mol. The summed E-state index contributed by atoms with van der Waals surface area (Å²) in [6.07, 6.45) is -0.796. The fourth-order valence-electron chi connectivity index (χ4n) is 3.17. The fourth-order valence-corrected chi connectivity index (χ4v) is 3.99. The minimum atomic E-state index is -4.74. The summed E-state index contributed by atoms with van der Waals surface area (Å²) in [5.41, 5.74) is 1.16. The molecule has 150 valence electrons. The van der Waals surface area contributed by atoms with E-state index in [4.69, 9.17) is 0 Å². The second kappa shape index (κ2) is 7.36. The Hall–Kier alpha value is -3.14. The van der Waals surface area contributed by atoms with Crippen molar-refractivity contribution in [2.45, 2.75) is 25.2 Å². The summed E-state index contributed by atoms with van der Waals surface area (Å²) in [5, 5.41) is 3.12. The second-order valence-corrected chi connectivity index (χ2v) is 7.40. The smallest absolute Gasteiger partial charge is 0.406 e. The third kappa shape index (κ3) is 4.16. The van der Waals surface area contributed by atoms with Crippen LogP contribution in [0.25, 0.3) is 10.4 Å². The number of aromatic nitrogens is 2. The third-order valence-electron chi connectivity index (χ3n) is 4.46. The van der Waals surface area contributed by atoms with Crippen molar-refractivity contribution in [2.75, 3.05) is 5.32 Å². The molecule has 1 aliphatic heterocycles. The highest BCUT2D eigenvalue weighted by Gasteiger charge is 2.31. The number of amides is 1. The van der Waals surface area contributed by atoms with Crippen LogP contribution in [0.5, 0.6) is 5.75 Å². The lowest BCUT2D eigenvalue weighted by molar-refractivity contribution is -0.274. The van der Waals surface area contributed by atoms with Crippen LogP contribution >= 0.6 is 11.3 Å². The molecule has 29 heavy (non-hydrogen) atoms. The van der Waals surface area contributed by atoms with Gasteiger partial charge in [-0.05, 0) is 48.4 Å². The van der Waals surface area contributed by atoms with Crippen LogP contribution < -0.4 is 10.1 Å². The van der Waals surface area contributed by atoms with Gasteiger partial charge in [0.25, 0.3) is 0 Å². The van der Waals surface area contributed by atoms with Crippen molar-refractivity contribution in [3.63, 3.8) is 0 Å². The van der Waals surface area contributed by atoms with E-state index in [9.17, 15) is 22.8 Å². The van der Waals surface area contributed by atoms with Gasteiger partial charge in [0.1, 0.15) is 11.8 Å². The highest BCUT2D eigenvalue weighted by molar-refractivity contribution is 7.19. The second-order valence-electron chi connectivity index (χ2n) is 6.37. The van der Waals surface area contributed by atoms with Crippen LogP contribution in [0.2, 0.25) is 0 Å². The molecule has 0 saturated carbocycles. The third-order valence-corrected chi connectivity index (χ3v) is 5.42. The summed E-state index contributed by atoms with van der Waals surface area (Å²) in [4.78, 5) is 29.4. The molecule has 6 nitrogen and oxygen atoms in total. The maximum Gasteiger partial charge on any atom is 0.573 e. The van der Waals surface area contributed by atoms with E-state index < -0.39 is 12.4 Å². The zero-order chi connectivity index (χ0) is 20.6. The number of fused-ring (bicyclic) bond motifs is 1. The molecule has 0 saturated heterocycles. The summed E-state index contributed by atoms with van der Waals surface area (Å²) >= 11 is 1.20. The van der Waals surface area contributed by atoms with Crippen molar-refractivity contribution in [3.05, 3.63) is 54.5 Å². The average Bonchev–Trinajstić information content (AvgIpc) is 3.31. The van der Waals surface area contributed by atoms with Crippen LogP contribution in [0.1, 0.15) is 29.4 Å². The van der Waals surface area contributed by atoms with E-state index in [1.165, 1.54) is 41.8 Å². The van der Waals surface area contributed by atoms with E-state index in [1.54, 1.807) is 22.9 Å². The lowest BCUT2D eigenvalue weighted by Crippen LogP contribution is -2.31. The molecule has 1 aliphatic rings. The minimum Gasteiger partial charge on any atom is -0.406 e. The number of anilines is 1. The number of ether oxygens (including phenoxy) is 1. The quantitative estimate of drug-likeness (QED) is 0.665. The number of carbonyl (C=O) groups is 2. The number of Topliss-reactive ketones (excluding diaryl/α,β-unsaturated/α-hetero) is 1. The van der Waals surface area contributed by atoms with Crippen molar-refractivity contribution in [1.82, 2.24) is 9.55 Å². The fraction of sp³-hybridized carbons (Fsp3) is 0.211. The van der Waals surface area contributed by atoms with Crippen molar-refractivity contribution in [2.24, 2.45) is 0 Å². The highest BCUT2D eigenvalue weighted by Crippen LogP contribution is 2.32. The lowest BCUT2D eigenvalue weighted by atomic mass is 10.0. The van der Waals surface area contributed by atoms with Gasteiger partial charge in [-0.15, -0.1) is 13.2 Å². The number of thiazole rings is 1. The van der Waals surface area contributed by atoms with Gasteiger partial charge in [-0.2, -0.15) is 0 Å². The molecular weight excluding hydrogens is 407 g/mol. The molecule has 0 aliphatic carbocycles. The van der Waals surface area contributed by atoms with E-state index in [0.29, 0.717) is 34.1 Å². The highest BCUT2D eigenvalue weighted by atomic mass is 32.1. The molecular formula is C19H14F3N3O3S. The largest absolute Gasteiger partial charge is 0.573 e. The number of nitrogens with zero attached hydrogens (tertiary/aromatic N) is 2. The molecule has 3 aromatic rings. The Morgan fingerprint density at radius 2 is 2.00 bits per heavy atom. The van der Waals surface area contributed by atoms with E-state index in [-0.39, 0.29) is 17.4 Å². The van der Waals surface area contributed by atoms with Crippen LogP contribution in [0.3, 0.4) is 0 Å². The zero-order valence-electron chi connectivity index (χ0n) is 14.8. The Kier molecular flexibility index (Phi) is 4.87. The maximum absolute atomic E-state index is 12.7. The summed E-state index contributed by atoms with van der Waals surface area (Å²) < 4.78 is 42.3. The van der Waals surface area contributed by atoms with Gasteiger partial charge < -0.3 is 14.6 Å². The molecule has 0 unspecified atom stereocenters. The molecule has 3 heterocycles. The van der Waals surface area contributed by atoms with Gasteiger partial charge in [-0.25, -0.2) is 4.98 Å². The predicted octanol–water partition coefficient (Wildman–Crippen LogP) is 4.67. The van der Waals surface area contributed by atoms with Crippen LogP contribution in [-0.4, -0.2) is 27.6 Å². The lowest BCUT2D eigenvalue weighted by Gasteiger charge is -2.24. The number of alkyl halides is 3. The maximum atomic E-state index is 12.7. The number of halogens is 3. The number of benzene rings is 1. The van der Waals surface area contributed by atoms with Gasteiger partial charge in [-0.1, -0.05) is 11.3 Å². The Bertz CT molecular complexity index is 1060. The number of carbonyl (C=O) groups excluding carboxylic acids is 2. The Labute approximate surface area is 166 Å². The van der Waals surface area contributed by atoms with Crippen LogP contribution in [0.15, 0.2) is 48.8 Å². The van der Waals surface area contributed by atoms with Gasteiger partial charge >= 0.3 is 6.36 Å². The number of nitrogens with one attached hydrogen (secondary N) is 1. The summed E-state index contributed by atoms with van der Waals surface area (Å²) in [5.74, 6) is -0.577. The van der Waals surface area contributed by atoms with Crippen molar-refractivity contribution < 1.29 is 27.5 Å². The molecule has 1 atom stereocenters. The predicted molar refractivity (Wildman–Crippen MR) is 99.9 cm³/mol. The number of hydrogen-bond acceptors (Lipinski definition) is 5. The summed E-state index contributed by atoms with van der Waals surface area (Å²) in [6.45, 7) is 0. The van der Waals surface area contributed by atoms with Gasteiger partial charge in [0.15, 0.2) is 10.9 Å². The molecule has 0 radical (unpaired) electrons. The number of hydrogen-bond donors (Lipinski definition) is 1. The molecule has 0 spiro atoms. The van der Waals surface area contributed by atoms with Crippen molar-refractivity contribution in [1.29, 1.82) is 0 Å². The van der Waals surface area contributed by atoms with Crippen LogP contribution in [0, 0.1) is 0 Å². The first-order chi connectivity index (χ1) is 13.8. The van der Waals surface area contributed by atoms with Gasteiger partial charge in [0, 0.05) is 18.8 Å². The van der Waals surface area contributed by atoms with E-state index >= 15 is 0 Å². The van der Waals surface area contributed by atoms with E-state index in [1.807, 2.05) is 0 Å². The number of rotatable bonds is 4. The van der Waals surface area contributed by atoms with Crippen LogP contribution in [0.4, 0.5) is 18.3 Å². The molecule has 1 N–H and O–H groups in total. The molecule has 0 bridgehead atoms. The normalized spacial score (nSPS) is 16.4. The Morgan fingerprint density at radius 3 is 2.72 bits per heavy atom. The molecule has 1 aromatic carbocycles. The van der Waals surface area contributed by atoms with Crippen molar-refractivity contribution in [3.8, 4) is 16.2 Å². The Morgan fingerprint density at radius 1 is 1.24 bits per heavy atom. The SMILES string of the molecule is O=C1CC[C@H](C(=O)Nc2ncc(-c3ccc(OC(F)(F)F)cc3)s2)n2cccc21. The first-order valence-corrected chi connectivity index (χ1v) is 9.45. The molecule has 2 aromatic heterocycles. The zero-order valence-corrected chi connectivity index (χ0v) is 15.6. The molecule has 10 heteroatoms. The molecule has 4 rings (SSSR count). The van der Waals surface area contributed by atoms with Gasteiger partial charge in [0.05, 0.1) is 10.6 Å². The Balaban J connectivity index is 1.45. The van der Waals surface area contributed by atoms with Crippen molar-refractivity contribution >= 4 is 28.2 Å². The monoisotopic (exact) mass is 421 g/mol. The van der Waals surface area contributed by atoms with E-state index in [2.05, 4.69) is 15.0 Å². The minimum absolute atomic E-state index is 0.00790. The first-order valence-electron chi connectivity index (χ1n) is 8.63. The van der Waals surface area contributed by atoms with Gasteiger partial charge in [0.2, 0.25) is 5.91 Å². The molecule has 1 amide bonds. The summed E-state index contributed by atoms with van der Waals surface area (Å²) in [7, 11) is 0. The van der Waals surface area contributed by atoms with E-state index in [0.717, 1.165) is 0 Å². The topological polar surface area (TPSA) is 73.2 Å².